The molecule has 5 heteroatoms. The Kier molecular flexibility index (Phi) is 3.43. The van der Waals surface area contributed by atoms with E-state index >= 15 is 0 Å². The summed E-state index contributed by atoms with van der Waals surface area (Å²) >= 11 is 0. The van der Waals surface area contributed by atoms with Crippen LogP contribution in [0.25, 0.3) is 11.0 Å². The van der Waals surface area contributed by atoms with Gasteiger partial charge in [0, 0.05) is 11.5 Å². The van der Waals surface area contributed by atoms with Gasteiger partial charge in [0.2, 0.25) is 0 Å². The van der Waals surface area contributed by atoms with Gasteiger partial charge in [0.1, 0.15) is 17.4 Å². The van der Waals surface area contributed by atoms with Crippen molar-refractivity contribution in [3.8, 4) is 0 Å². The fraction of sp³-hybridized carbons (Fsp3) is 0.125. The molecule has 0 aliphatic rings. The lowest BCUT2D eigenvalue weighted by atomic mass is 10.0. The summed E-state index contributed by atoms with van der Waals surface area (Å²) in [5, 5.41) is 0.597. The van der Waals surface area contributed by atoms with E-state index in [1.165, 1.54) is 18.2 Å². The van der Waals surface area contributed by atoms with Crippen LogP contribution in [-0.2, 0) is 6.42 Å². The molecule has 1 unspecified atom stereocenters. The van der Waals surface area contributed by atoms with E-state index in [2.05, 4.69) is 0 Å². The van der Waals surface area contributed by atoms with Crippen LogP contribution in [0.3, 0.4) is 0 Å². The number of hydrogen-bond acceptors (Lipinski definition) is 2. The van der Waals surface area contributed by atoms with Crippen LogP contribution in [0.2, 0.25) is 0 Å². The van der Waals surface area contributed by atoms with Gasteiger partial charge in [-0.15, -0.1) is 0 Å². The van der Waals surface area contributed by atoms with E-state index in [0.717, 1.165) is 6.07 Å². The molecule has 3 rings (SSSR count). The van der Waals surface area contributed by atoms with Crippen molar-refractivity contribution in [1.82, 2.24) is 0 Å². The van der Waals surface area contributed by atoms with Crippen molar-refractivity contribution in [1.29, 1.82) is 0 Å². The van der Waals surface area contributed by atoms with Crippen molar-refractivity contribution in [2.75, 3.05) is 0 Å². The number of hydrogen-bond donors (Lipinski definition) is 1. The molecule has 2 N–H and O–H groups in total. The maximum Gasteiger partial charge on any atom is 0.169 e. The number of fused-ring (bicyclic) bond motifs is 1. The highest BCUT2D eigenvalue weighted by Gasteiger charge is 2.16. The van der Waals surface area contributed by atoms with E-state index in [-0.39, 0.29) is 17.6 Å². The zero-order valence-corrected chi connectivity index (χ0v) is 10.9. The third-order valence-electron chi connectivity index (χ3n) is 3.34. The first kappa shape index (κ1) is 13.7. The van der Waals surface area contributed by atoms with Crippen molar-refractivity contribution in [3.63, 3.8) is 0 Å². The molecule has 3 aromatic rings. The average Bonchev–Trinajstić information content (AvgIpc) is 2.87. The van der Waals surface area contributed by atoms with Crippen LogP contribution in [0.5, 0.6) is 0 Å². The molecule has 1 aromatic heterocycles. The molecule has 0 aliphatic carbocycles. The molecule has 0 spiro atoms. The normalized spacial score (nSPS) is 12.8. The minimum Gasteiger partial charge on any atom is -0.456 e. The van der Waals surface area contributed by atoms with Crippen LogP contribution >= 0.6 is 0 Å². The Hall–Kier alpha value is -2.27. The zero-order chi connectivity index (χ0) is 15.0. The third kappa shape index (κ3) is 2.64. The minimum atomic E-state index is -0.659. The van der Waals surface area contributed by atoms with Gasteiger partial charge < -0.3 is 10.2 Å². The van der Waals surface area contributed by atoms with Gasteiger partial charge in [-0.1, -0.05) is 18.2 Å². The standard InChI is InChI=1S/C16H12F3NO/c17-11-5-4-9(13(19)8-11)6-14(20)15-7-10-2-1-3-12(18)16(10)21-15/h1-5,7-8,14H,6,20H2. The lowest BCUT2D eigenvalue weighted by Gasteiger charge is -2.09. The summed E-state index contributed by atoms with van der Waals surface area (Å²) in [4.78, 5) is 0. The third-order valence-corrected chi connectivity index (χ3v) is 3.34. The van der Waals surface area contributed by atoms with Crippen LogP contribution < -0.4 is 5.73 Å². The van der Waals surface area contributed by atoms with Crippen LogP contribution in [-0.4, -0.2) is 0 Å². The highest BCUT2D eigenvalue weighted by atomic mass is 19.1. The van der Waals surface area contributed by atoms with Crippen molar-refractivity contribution in [2.45, 2.75) is 12.5 Å². The molecule has 0 saturated carbocycles. The molecule has 21 heavy (non-hydrogen) atoms. The smallest absolute Gasteiger partial charge is 0.169 e. The summed E-state index contributed by atoms with van der Waals surface area (Å²) in [5.74, 6) is -1.42. The molecule has 0 fully saturated rings. The second-order valence-corrected chi connectivity index (χ2v) is 4.85. The van der Waals surface area contributed by atoms with Gasteiger partial charge >= 0.3 is 0 Å². The first-order valence-corrected chi connectivity index (χ1v) is 6.42. The molecule has 0 saturated heterocycles. The van der Waals surface area contributed by atoms with E-state index in [4.69, 9.17) is 10.2 Å². The summed E-state index contributed by atoms with van der Waals surface area (Å²) in [5.41, 5.74) is 6.38. The van der Waals surface area contributed by atoms with Crippen molar-refractivity contribution in [2.24, 2.45) is 5.73 Å². The highest BCUT2D eigenvalue weighted by molar-refractivity contribution is 5.78. The van der Waals surface area contributed by atoms with Crippen molar-refractivity contribution in [3.05, 3.63) is 71.2 Å². The van der Waals surface area contributed by atoms with Crippen LogP contribution in [0, 0.1) is 17.5 Å². The SMILES string of the molecule is NC(Cc1ccc(F)cc1F)c1cc2cccc(F)c2o1. The molecule has 2 nitrogen and oxygen atoms in total. The van der Waals surface area contributed by atoms with Crippen LogP contribution in [0.4, 0.5) is 13.2 Å². The topological polar surface area (TPSA) is 39.2 Å². The van der Waals surface area contributed by atoms with Crippen molar-refractivity contribution >= 4 is 11.0 Å². The summed E-state index contributed by atoms with van der Waals surface area (Å²) < 4.78 is 45.4. The fourth-order valence-corrected chi connectivity index (χ4v) is 2.25. The van der Waals surface area contributed by atoms with E-state index in [9.17, 15) is 13.2 Å². The average molecular weight is 291 g/mol. The largest absolute Gasteiger partial charge is 0.456 e. The predicted molar refractivity (Wildman–Crippen MR) is 73.2 cm³/mol. The van der Waals surface area contributed by atoms with E-state index in [1.807, 2.05) is 0 Å². The predicted octanol–water partition coefficient (Wildman–Crippen LogP) is 4.09. The van der Waals surface area contributed by atoms with Gasteiger partial charge in [0.05, 0.1) is 6.04 Å². The van der Waals surface area contributed by atoms with Crippen LogP contribution in [0.1, 0.15) is 17.4 Å². The van der Waals surface area contributed by atoms with E-state index < -0.39 is 23.5 Å². The Morgan fingerprint density at radius 2 is 1.81 bits per heavy atom. The molecule has 0 amide bonds. The Bertz CT molecular complexity index is 797. The summed E-state index contributed by atoms with van der Waals surface area (Å²) in [7, 11) is 0. The maximum atomic E-state index is 13.6. The maximum absolute atomic E-state index is 13.6. The van der Waals surface area contributed by atoms with Crippen molar-refractivity contribution < 1.29 is 17.6 Å². The number of halogens is 3. The summed E-state index contributed by atoms with van der Waals surface area (Å²) in [6.07, 6.45) is 0.132. The van der Waals surface area contributed by atoms with Gasteiger partial charge in [0.25, 0.3) is 0 Å². The second kappa shape index (κ2) is 5.26. The molecule has 1 heterocycles. The fourth-order valence-electron chi connectivity index (χ4n) is 2.25. The lowest BCUT2D eigenvalue weighted by molar-refractivity contribution is 0.472. The number of benzene rings is 2. The summed E-state index contributed by atoms with van der Waals surface area (Å²) in [6, 6.07) is 8.87. The van der Waals surface area contributed by atoms with Gasteiger partial charge in [-0.2, -0.15) is 0 Å². The zero-order valence-electron chi connectivity index (χ0n) is 10.9. The minimum absolute atomic E-state index is 0.127. The van der Waals surface area contributed by atoms with Gasteiger partial charge in [-0.3, -0.25) is 0 Å². The van der Waals surface area contributed by atoms with E-state index in [1.54, 1.807) is 18.2 Å². The van der Waals surface area contributed by atoms with Gasteiger partial charge in [-0.05, 0) is 30.2 Å². The molecule has 2 aromatic carbocycles. The summed E-state index contributed by atoms with van der Waals surface area (Å²) in [6.45, 7) is 0. The molecule has 0 bridgehead atoms. The number of rotatable bonds is 3. The Morgan fingerprint density at radius 1 is 1.00 bits per heavy atom. The molecular weight excluding hydrogens is 279 g/mol. The molecule has 108 valence electrons. The number of para-hydroxylation sites is 1. The molecule has 0 radical (unpaired) electrons. The highest BCUT2D eigenvalue weighted by Crippen LogP contribution is 2.27. The monoisotopic (exact) mass is 291 g/mol. The molecule has 1 atom stereocenters. The Morgan fingerprint density at radius 3 is 2.52 bits per heavy atom. The van der Waals surface area contributed by atoms with Crippen LogP contribution in [0.15, 0.2) is 46.9 Å². The lowest BCUT2D eigenvalue weighted by Crippen LogP contribution is -2.13. The Labute approximate surface area is 119 Å². The van der Waals surface area contributed by atoms with Gasteiger partial charge in [-0.25, -0.2) is 13.2 Å². The quantitative estimate of drug-likeness (QED) is 0.789. The second-order valence-electron chi connectivity index (χ2n) is 4.85. The first-order valence-electron chi connectivity index (χ1n) is 6.42. The van der Waals surface area contributed by atoms with E-state index in [0.29, 0.717) is 11.1 Å². The number of furan rings is 1. The van der Waals surface area contributed by atoms with Gasteiger partial charge in [0.15, 0.2) is 11.4 Å². The first-order chi connectivity index (χ1) is 10.0. The number of nitrogens with two attached hydrogens (primary N) is 1. The Balaban J connectivity index is 1.90. The molecular formula is C16H12F3NO. The molecule has 0 aliphatic heterocycles.